The topological polar surface area (TPSA) is 86.7 Å². The molecule has 2 aromatic heterocycles. The third kappa shape index (κ3) is 8.40. The molecule has 2 amide bonds. The minimum absolute atomic E-state index is 0.0192. The van der Waals surface area contributed by atoms with Crippen LogP contribution >= 0.6 is 11.6 Å². The van der Waals surface area contributed by atoms with E-state index in [4.69, 9.17) is 16.0 Å². The standard InChI is InChI=1S/C47H57ClN6O3Si/c1-31-41(46(56)54(43-27-38(29-49)51(8)32(43)2)36-19-21-39(22-20-36)57-58(10,11)47(3,4)5)28-44(52(31)9)42-26-35(48)18-23-40(42)45(55)53-30-34-16-13-12-15-33(34)25-37(53)17-14-24-50(6)7/h12-13,15-16,18-23,26-28,37H,14,17,24-25,30H2,1-11H3/t37-/m1/s1. The second-order valence-electron chi connectivity index (χ2n) is 17.5. The molecular weight excluding hydrogens is 760 g/mol. The first-order chi connectivity index (χ1) is 27.3. The van der Waals surface area contributed by atoms with Gasteiger partial charge in [-0.05, 0) is 138 Å². The lowest BCUT2D eigenvalue weighted by Crippen LogP contribution is -2.44. The fourth-order valence-corrected chi connectivity index (χ4v) is 8.79. The maximum absolute atomic E-state index is 15.1. The summed E-state index contributed by atoms with van der Waals surface area (Å²) in [6.07, 6.45) is 2.65. The van der Waals surface area contributed by atoms with Crippen molar-refractivity contribution >= 4 is 43.1 Å². The van der Waals surface area contributed by atoms with E-state index in [1.54, 1.807) is 21.6 Å². The van der Waals surface area contributed by atoms with Gasteiger partial charge in [0.05, 0.1) is 11.3 Å². The van der Waals surface area contributed by atoms with Crippen molar-refractivity contribution in [3.05, 3.63) is 123 Å². The molecule has 0 radical (unpaired) electrons. The molecule has 1 aliphatic rings. The van der Waals surface area contributed by atoms with Gasteiger partial charge < -0.3 is 23.4 Å². The summed E-state index contributed by atoms with van der Waals surface area (Å²) in [5.41, 5.74) is 8.00. The largest absolute Gasteiger partial charge is 0.544 e. The third-order valence-electron chi connectivity index (χ3n) is 12.4. The minimum atomic E-state index is -2.11. The van der Waals surface area contributed by atoms with Crippen LogP contribution in [-0.2, 0) is 27.1 Å². The van der Waals surface area contributed by atoms with Crippen molar-refractivity contribution in [2.45, 2.75) is 84.6 Å². The fourth-order valence-electron chi connectivity index (χ4n) is 7.58. The first-order valence-electron chi connectivity index (χ1n) is 20.0. The minimum Gasteiger partial charge on any atom is -0.544 e. The summed E-state index contributed by atoms with van der Waals surface area (Å²) in [7, 11) is 5.78. The van der Waals surface area contributed by atoms with Crippen LogP contribution in [0.25, 0.3) is 11.3 Å². The molecule has 0 N–H and O–H groups in total. The molecule has 0 bridgehead atoms. The summed E-state index contributed by atoms with van der Waals surface area (Å²) in [5, 5.41) is 10.5. The molecule has 9 nitrogen and oxygen atoms in total. The Bertz CT molecular complexity index is 2380. The van der Waals surface area contributed by atoms with E-state index >= 15 is 4.79 Å². The van der Waals surface area contributed by atoms with Crippen LogP contribution in [0.2, 0.25) is 23.2 Å². The number of amides is 2. The Morgan fingerprint density at radius 1 is 0.914 bits per heavy atom. The summed E-state index contributed by atoms with van der Waals surface area (Å²) < 4.78 is 10.3. The lowest BCUT2D eigenvalue weighted by molar-refractivity contribution is 0.0625. The molecule has 0 fully saturated rings. The SMILES string of the molecule is Cc1c(N(C(=O)c2cc(-c3cc(Cl)ccc3C(=O)N3Cc4ccccc4C[C@H]3CCCN(C)C)n(C)c2C)c2ccc(O[Si](C)(C)C(C)(C)C)cc2)cc(C#N)n1C. The van der Waals surface area contributed by atoms with Gasteiger partial charge in [0, 0.05) is 65.6 Å². The van der Waals surface area contributed by atoms with E-state index in [0.717, 1.165) is 48.5 Å². The van der Waals surface area contributed by atoms with Gasteiger partial charge in [0.1, 0.15) is 17.5 Å². The van der Waals surface area contributed by atoms with Gasteiger partial charge >= 0.3 is 0 Å². The average molecular weight is 818 g/mol. The first kappa shape index (κ1) is 42.5. The van der Waals surface area contributed by atoms with Gasteiger partial charge in [-0.25, -0.2) is 0 Å². The Morgan fingerprint density at radius 3 is 2.21 bits per heavy atom. The van der Waals surface area contributed by atoms with Crippen molar-refractivity contribution in [3.63, 3.8) is 0 Å². The van der Waals surface area contributed by atoms with E-state index in [2.05, 4.69) is 77.1 Å². The van der Waals surface area contributed by atoms with E-state index in [1.807, 2.05) is 85.9 Å². The van der Waals surface area contributed by atoms with Gasteiger partial charge in [0.2, 0.25) is 8.32 Å². The van der Waals surface area contributed by atoms with Crippen LogP contribution in [0.5, 0.6) is 5.75 Å². The van der Waals surface area contributed by atoms with Gasteiger partial charge in [-0.2, -0.15) is 5.26 Å². The van der Waals surface area contributed by atoms with Gasteiger partial charge in [-0.1, -0.05) is 56.6 Å². The molecule has 0 saturated carbocycles. The molecule has 304 valence electrons. The zero-order valence-electron chi connectivity index (χ0n) is 35.9. The lowest BCUT2D eigenvalue weighted by Gasteiger charge is -2.38. The molecule has 3 aromatic carbocycles. The number of nitrogens with zero attached hydrogens (tertiary/aromatic N) is 6. The summed E-state index contributed by atoms with van der Waals surface area (Å²) in [6, 6.07) is 27.4. The van der Waals surface area contributed by atoms with Gasteiger partial charge in [0.25, 0.3) is 11.8 Å². The molecule has 5 aromatic rings. The lowest BCUT2D eigenvalue weighted by atomic mass is 9.90. The highest BCUT2D eigenvalue weighted by Gasteiger charge is 2.39. The van der Waals surface area contributed by atoms with E-state index < -0.39 is 8.32 Å². The van der Waals surface area contributed by atoms with Gasteiger partial charge in [0.15, 0.2) is 0 Å². The number of benzene rings is 3. The number of carbonyl (C=O) groups excluding carboxylic acids is 2. The maximum Gasteiger partial charge on any atom is 0.264 e. The number of carbonyl (C=O) groups is 2. The number of hydrogen-bond donors (Lipinski definition) is 0. The van der Waals surface area contributed by atoms with Crippen molar-refractivity contribution in [1.82, 2.24) is 18.9 Å². The van der Waals surface area contributed by atoms with Crippen LogP contribution in [0, 0.1) is 25.2 Å². The summed E-state index contributed by atoms with van der Waals surface area (Å²) in [5.74, 6) is 0.422. The molecule has 1 atom stereocenters. The molecule has 58 heavy (non-hydrogen) atoms. The highest BCUT2D eigenvalue weighted by atomic mass is 35.5. The van der Waals surface area contributed by atoms with Crippen molar-refractivity contribution < 1.29 is 14.0 Å². The Balaban J connectivity index is 1.41. The quantitative estimate of drug-likeness (QED) is 0.124. The second kappa shape index (κ2) is 16.6. The molecule has 0 unspecified atom stereocenters. The number of rotatable bonds is 11. The smallest absolute Gasteiger partial charge is 0.264 e. The number of halogens is 1. The number of aromatic nitrogens is 2. The monoisotopic (exact) mass is 816 g/mol. The van der Waals surface area contributed by atoms with Crippen LogP contribution in [0.3, 0.4) is 0 Å². The molecule has 0 saturated heterocycles. The zero-order valence-corrected chi connectivity index (χ0v) is 37.7. The van der Waals surface area contributed by atoms with Crippen molar-refractivity contribution in [3.8, 4) is 23.1 Å². The number of nitriles is 1. The van der Waals surface area contributed by atoms with Crippen LogP contribution in [0.1, 0.15) is 82.5 Å². The normalized spacial score (nSPS) is 14.3. The van der Waals surface area contributed by atoms with Crippen molar-refractivity contribution in [2.24, 2.45) is 14.1 Å². The Kier molecular flexibility index (Phi) is 12.2. The Labute approximate surface area is 350 Å². The van der Waals surface area contributed by atoms with Gasteiger partial charge in [-0.15, -0.1) is 0 Å². The van der Waals surface area contributed by atoms with E-state index in [-0.39, 0.29) is 22.9 Å². The maximum atomic E-state index is 15.1. The molecular formula is C47H57ClN6O3Si. The Morgan fingerprint density at radius 2 is 1.59 bits per heavy atom. The molecule has 3 heterocycles. The molecule has 11 heteroatoms. The highest BCUT2D eigenvalue weighted by Crippen LogP contribution is 2.40. The predicted molar refractivity (Wildman–Crippen MR) is 238 cm³/mol. The highest BCUT2D eigenvalue weighted by molar-refractivity contribution is 6.74. The van der Waals surface area contributed by atoms with Crippen LogP contribution < -0.4 is 9.33 Å². The first-order valence-corrected chi connectivity index (χ1v) is 23.3. The summed E-state index contributed by atoms with van der Waals surface area (Å²) in [6.45, 7) is 16.3. The van der Waals surface area contributed by atoms with E-state index in [9.17, 15) is 10.1 Å². The van der Waals surface area contributed by atoms with Crippen molar-refractivity contribution in [1.29, 1.82) is 5.26 Å². The number of anilines is 2. The van der Waals surface area contributed by atoms with Gasteiger partial charge in [-0.3, -0.25) is 14.5 Å². The van der Waals surface area contributed by atoms with Crippen molar-refractivity contribution in [2.75, 3.05) is 25.5 Å². The van der Waals surface area contributed by atoms with E-state index in [1.165, 1.54) is 5.56 Å². The second-order valence-corrected chi connectivity index (χ2v) is 22.6. The fraction of sp³-hybridized carbons (Fsp3) is 0.383. The molecule has 6 rings (SSSR count). The van der Waals surface area contributed by atoms with Crippen LogP contribution in [-0.4, -0.2) is 65.7 Å². The molecule has 1 aliphatic heterocycles. The average Bonchev–Trinajstić information content (AvgIpc) is 3.63. The summed E-state index contributed by atoms with van der Waals surface area (Å²) >= 11 is 6.70. The zero-order chi connectivity index (χ0) is 42.3. The summed E-state index contributed by atoms with van der Waals surface area (Å²) in [4.78, 5) is 35.8. The molecule has 0 aliphatic carbocycles. The number of fused-ring (bicyclic) bond motifs is 1. The number of hydrogen-bond acceptors (Lipinski definition) is 5. The molecule has 0 spiro atoms. The van der Waals surface area contributed by atoms with Crippen LogP contribution in [0.15, 0.2) is 78.9 Å². The predicted octanol–water partition coefficient (Wildman–Crippen LogP) is 10.4. The van der Waals surface area contributed by atoms with Crippen LogP contribution in [0.4, 0.5) is 11.4 Å². The third-order valence-corrected chi connectivity index (χ3v) is 16.9. The van der Waals surface area contributed by atoms with E-state index in [0.29, 0.717) is 51.0 Å². The Hall–Kier alpha value is -5.08.